The standard InChI is InChI=1S/C18H17F3O3/c1-12(22)16-7-6-14(11-17(16)24-9-8-23-2)13-4-3-5-15(10-13)18(19,20)21/h3-7,10-11H,8-9H2,1-2H3. The van der Waals surface area contributed by atoms with Crippen LogP contribution >= 0.6 is 0 Å². The Morgan fingerprint density at radius 3 is 2.38 bits per heavy atom. The number of carbonyl (C=O) groups is 1. The first kappa shape index (κ1) is 18.0. The van der Waals surface area contributed by atoms with E-state index >= 15 is 0 Å². The van der Waals surface area contributed by atoms with Crippen molar-refractivity contribution in [2.75, 3.05) is 20.3 Å². The third-order valence-electron chi connectivity index (χ3n) is 3.43. The van der Waals surface area contributed by atoms with Gasteiger partial charge in [-0.2, -0.15) is 13.2 Å². The SMILES string of the molecule is COCCOc1cc(-c2cccc(C(F)(F)F)c2)ccc1C(C)=O. The van der Waals surface area contributed by atoms with Crippen molar-refractivity contribution in [1.29, 1.82) is 0 Å². The molecule has 0 saturated heterocycles. The van der Waals surface area contributed by atoms with E-state index in [1.807, 2.05) is 0 Å². The lowest BCUT2D eigenvalue weighted by Crippen LogP contribution is -2.07. The van der Waals surface area contributed by atoms with Crippen molar-refractivity contribution < 1.29 is 27.4 Å². The van der Waals surface area contributed by atoms with E-state index in [4.69, 9.17) is 9.47 Å². The fourth-order valence-electron chi connectivity index (χ4n) is 2.22. The Hall–Kier alpha value is -2.34. The van der Waals surface area contributed by atoms with Crippen molar-refractivity contribution in [3.8, 4) is 16.9 Å². The Balaban J connectivity index is 2.40. The van der Waals surface area contributed by atoms with Gasteiger partial charge in [-0.15, -0.1) is 0 Å². The molecule has 6 heteroatoms. The van der Waals surface area contributed by atoms with Gasteiger partial charge in [0.1, 0.15) is 12.4 Å². The summed E-state index contributed by atoms with van der Waals surface area (Å²) in [5.41, 5.74) is 0.592. The normalized spacial score (nSPS) is 11.4. The second kappa shape index (κ2) is 7.49. The highest BCUT2D eigenvalue weighted by Crippen LogP contribution is 2.33. The van der Waals surface area contributed by atoms with E-state index < -0.39 is 11.7 Å². The first-order valence-corrected chi connectivity index (χ1v) is 7.27. The monoisotopic (exact) mass is 338 g/mol. The average Bonchev–Trinajstić information content (AvgIpc) is 2.54. The van der Waals surface area contributed by atoms with E-state index in [0.717, 1.165) is 12.1 Å². The van der Waals surface area contributed by atoms with Crippen molar-refractivity contribution in [3.63, 3.8) is 0 Å². The summed E-state index contributed by atoms with van der Waals surface area (Å²) in [4.78, 5) is 11.7. The van der Waals surface area contributed by atoms with E-state index in [0.29, 0.717) is 29.0 Å². The Morgan fingerprint density at radius 1 is 1.04 bits per heavy atom. The molecule has 128 valence electrons. The van der Waals surface area contributed by atoms with Gasteiger partial charge in [0, 0.05) is 7.11 Å². The largest absolute Gasteiger partial charge is 0.490 e. The molecule has 0 N–H and O–H groups in total. The smallest absolute Gasteiger partial charge is 0.416 e. The number of ketones is 1. The quantitative estimate of drug-likeness (QED) is 0.570. The minimum Gasteiger partial charge on any atom is -0.490 e. The fourth-order valence-corrected chi connectivity index (χ4v) is 2.22. The van der Waals surface area contributed by atoms with Crippen molar-refractivity contribution >= 4 is 5.78 Å². The van der Waals surface area contributed by atoms with Gasteiger partial charge in [-0.25, -0.2) is 0 Å². The van der Waals surface area contributed by atoms with Crippen molar-refractivity contribution in [1.82, 2.24) is 0 Å². The van der Waals surface area contributed by atoms with Crippen LogP contribution in [0.3, 0.4) is 0 Å². The summed E-state index contributed by atoms with van der Waals surface area (Å²) >= 11 is 0. The predicted molar refractivity (Wildman–Crippen MR) is 84.3 cm³/mol. The Labute approximate surface area is 138 Å². The molecule has 24 heavy (non-hydrogen) atoms. The molecule has 3 nitrogen and oxygen atoms in total. The summed E-state index contributed by atoms with van der Waals surface area (Å²) < 4.78 is 49.0. The molecule has 0 amide bonds. The Morgan fingerprint density at radius 2 is 1.75 bits per heavy atom. The van der Waals surface area contributed by atoms with Gasteiger partial charge in [-0.1, -0.05) is 18.2 Å². The third-order valence-corrected chi connectivity index (χ3v) is 3.43. The number of hydrogen-bond donors (Lipinski definition) is 0. The maximum atomic E-state index is 12.9. The van der Waals surface area contributed by atoms with Gasteiger partial charge in [0.05, 0.1) is 17.7 Å². The molecule has 0 unspecified atom stereocenters. The van der Waals surface area contributed by atoms with E-state index in [9.17, 15) is 18.0 Å². The van der Waals surface area contributed by atoms with Crippen LogP contribution in [0.1, 0.15) is 22.8 Å². The highest BCUT2D eigenvalue weighted by Gasteiger charge is 2.30. The lowest BCUT2D eigenvalue weighted by Gasteiger charge is -2.13. The molecule has 0 radical (unpaired) electrons. The molecule has 0 fully saturated rings. The van der Waals surface area contributed by atoms with E-state index in [-0.39, 0.29) is 12.4 Å². The first-order valence-electron chi connectivity index (χ1n) is 7.27. The van der Waals surface area contributed by atoms with Crippen molar-refractivity contribution in [2.45, 2.75) is 13.1 Å². The first-order chi connectivity index (χ1) is 11.3. The summed E-state index contributed by atoms with van der Waals surface area (Å²) in [6, 6.07) is 9.75. The third kappa shape index (κ3) is 4.35. The molecule has 2 rings (SSSR count). The zero-order valence-corrected chi connectivity index (χ0v) is 13.3. The second-order valence-corrected chi connectivity index (χ2v) is 5.19. The van der Waals surface area contributed by atoms with Gasteiger partial charge < -0.3 is 9.47 Å². The van der Waals surface area contributed by atoms with Crippen LogP contribution in [0.4, 0.5) is 13.2 Å². The highest BCUT2D eigenvalue weighted by molar-refractivity contribution is 5.97. The molecule has 0 aliphatic carbocycles. The van der Waals surface area contributed by atoms with Crippen molar-refractivity contribution in [3.05, 3.63) is 53.6 Å². The summed E-state index contributed by atoms with van der Waals surface area (Å²) in [6.07, 6.45) is -4.41. The van der Waals surface area contributed by atoms with Gasteiger partial charge in [0.15, 0.2) is 5.78 Å². The van der Waals surface area contributed by atoms with Crippen LogP contribution in [0.25, 0.3) is 11.1 Å². The van der Waals surface area contributed by atoms with E-state index in [1.54, 1.807) is 24.3 Å². The molecule has 0 heterocycles. The molecule has 0 atom stereocenters. The molecule has 0 aliphatic heterocycles. The highest BCUT2D eigenvalue weighted by atomic mass is 19.4. The Bertz CT molecular complexity index is 724. The molecule has 2 aromatic rings. The zero-order valence-electron chi connectivity index (χ0n) is 13.3. The minimum atomic E-state index is -4.41. The topological polar surface area (TPSA) is 35.5 Å². The summed E-state index contributed by atoms with van der Waals surface area (Å²) in [5, 5.41) is 0. The Kier molecular flexibility index (Phi) is 5.62. The average molecular weight is 338 g/mol. The number of halogens is 3. The second-order valence-electron chi connectivity index (χ2n) is 5.19. The number of ether oxygens (including phenoxy) is 2. The lowest BCUT2D eigenvalue weighted by atomic mass is 10.00. The van der Waals surface area contributed by atoms with Crippen molar-refractivity contribution in [2.24, 2.45) is 0 Å². The molecule has 0 bridgehead atoms. The predicted octanol–water partition coefficient (Wildman–Crippen LogP) is 4.60. The number of hydrogen-bond acceptors (Lipinski definition) is 3. The number of benzene rings is 2. The molecule has 0 aromatic heterocycles. The summed E-state index contributed by atoms with van der Waals surface area (Å²) in [5.74, 6) is 0.146. The van der Waals surface area contributed by atoms with Crippen LogP contribution in [0.2, 0.25) is 0 Å². The van der Waals surface area contributed by atoms with Crippen LogP contribution in [-0.4, -0.2) is 26.1 Å². The van der Waals surface area contributed by atoms with Gasteiger partial charge in [-0.05, 0) is 42.3 Å². The molecular weight excluding hydrogens is 321 g/mol. The van der Waals surface area contributed by atoms with E-state index in [1.165, 1.54) is 20.1 Å². The van der Waals surface area contributed by atoms with Gasteiger partial charge >= 0.3 is 6.18 Å². The van der Waals surface area contributed by atoms with Gasteiger partial charge in [0.25, 0.3) is 0 Å². The lowest BCUT2D eigenvalue weighted by molar-refractivity contribution is -0.137. The summed E-state index contributed by atoms with van der Waals surface area (Å²) in [7, 11) is 1.52. The maximum absolute atomic E-state index is 12.9. The number of alkyl halides is 3. The van der Waals surface area contributed by atoms with Crippen LogP contribution in [0.5, 0.6) is 5.75 Å². The maximum Gasteiger partial charge on any atom is 0.416 e. The molecule has 0 aliphatic rings. The molecule has 0 saturated carbocycles. The zero-order chi connectivity index (χ0) is 17.7. The number of carbonyl (C=O) groups excluding carboxylic acids is 1. The molecule has 2 aromatic carbocycles. The van der Waals surface area contributed by atoms with Crippen LogP contribution in [-0.2, 0) is 10.9 Å². The minimum absolute atomic E-state index is 0.182. The fraction of sp³-hybridized carbons (Fsp3) is 0.278. The summed E-state index contributed by atoms with van der Waals surface area (Å²) in [6.45, 7) is 1.98. The van der Waals surface area contributed by atoms with Gasteiger partial charge in [-0.3, -0.25) is 4.79 Å². The van der Waals surface area contributed by atoms with E-state index in [2.05, 4.69) is 0 Å². The van der Waals surface area contributed by atoms with Gasteiger partial charge in [0.2, 0.25) is 0 Å². The van der Waals surface area contributed by atoms with Crippen LogP contribution in [0, 0.1) is 0 Å². The number of Topliss-reactive ketones (excluding diaryl/α,β-unsaturated/α-hetero) is 1. The number of rotatable bonds is 6. The number of methoxy groups -OCH3 is 1. The molecular formula is C18H17F3O3. The van der Waals surface area contributed by atoms with Crippen LogP contribution in [0.15, 0.2) is 42.5 Å². The van der Waals surface area contributed by atoms with Crippen LogP contribution < -0.4 is 4.74 Å². The molecule has 0 spiro atoms.